The van der Waals surface area contributed by atoms with E-state index in [1.54, 1.807) is 36.9 Å². The minimum absolute atomic E-state index is 0.0156. The Hall–Kier alpha value is -3.35. The minimum Gasteiger partial charge on any atom is -0.338 e. The van der Waals surface area contributed by atoms with Gasteiger partial charge in [-0.15, -0.1) is 0 Å². The first-order chi connectivity index (χ1) is 13.2. The van der Waals surface area contributed by atoms with Crippen molar-refractivity contribution in [3.63, 3.8) is 0 Å². The van der Waals surface area contributed by atoms with E-state index in [9.17, 15) is 4.79 Å². The molecule has 1 saturated heterocycles. The fourth-order valence-electron chi connectivity index (χ4n) is 3.17. The smallest absolute Gasteiger partial charge is 0.255 e. The third kappa shape index (κ3) is 3.92. The van der Waals surface area contributed by atoms with Crippen LogP contribution in [0.2, 0.25) is 0 Å². The first-order valence-corrected chi connectivity index (χ1v) is 8.91. The van der Waals surface area contributed by atoms with E-state index in [2.05, 4.69) is 25.3 Å². The first-order valence-electron chi connectivity index (χ1n) is 8.91. The first kappa shape index (κ1) is 17.1. The van der Waals surface area contributed by atoms with Crippen LogP contribution in [0.15, 0.2) is 55.1 Å². The van der Waals surface area contributed by atoms with Crippen LogP contribution in [0.1, 0.15) is 34.0 Å². The SMILES string of the molecule is Cc1ccc(Nc2nccc([C@H]3CCN(C(=O)c4cccnc4)C3)n2)nc1. The molecular weight excluding hydrogens is 340 g/mol. The maximum atomic E-state index is 12.6. The molecule has 4 heterocycles. The van der Waals surface area contributed by atoms with Crippen LogP contribution in [0.5, 0.6) is 0 Å². The van der Waals surface area contributed by atoms with Gasteiger partial charge in [0.15, 0.2) is 0 Å². The molecule has 1 N–H and O–H groups in total. The quantitative estimate of drug-likeness (QED) is 0.770. The average molecular weight is 360 g/mol. The summed E-state index contributed by atoms with van der Waals surface area (Å²) in [6.45, 7) is 3.35. The van der Waals surface area contributed by atoms with Gasteiger partial charge < -0.3 is 10.2 Å². The molecule has 1 aliphatic heterocycles. The number of likely N-dealkylation sites (tertiary alicyclic amines) is 1. The van der Waals surface area contributed by atoms with E-state index >= 15 is 0 Å². The predicted octanol–water partition coefficient (Wildman–Crippen LogP) is 2.95. The molecule has 3 aromatic heterocycles. The van der Waals surface area contributed by atoms with Gasteiger partial charge in [-0.05, 0) is 43.2 Å². The van der Waals surface area contributed by atoms with Crippen molar-refractivity contribution >= 4 is 17.7 Å². The Bertz CT molecular complexity index is 929. The molecule has 1 atom stereocenters. The molecule has 0 spiro atoms. The molecule has 136 valence electrons. The number of anilines is 2. The monoisotopic (exact) mass is 360 g/mol. The third-order valence-electron chi connectivity index (χ3n) is 4.63. The van der Waals surface area contributed by atoms with Crippen molar-refractivity contribution < 1.29 is 4.79 Å². The molecule has 7 heteroatoms. The zero-order chi connectivity index (χ0) is 18.6. The summed E-state index contributed by atoms with van der Waals surface area (Å²) in [5.41, 5.74) is 2.65. The third-order valence-corrected chi connectivity index (χ3v) is 4.63. The molecule has 1 fully saturated rings. The van der Waals surface area contributed by atoms with Gasteiger partial charge in [-0.3, -0.25) is 9.78 Å². The normalized spacial score (nSPS) is 16.3. The maximum absolute atomic E-state index is 12.6. The molecule has 4 rings (SSSR count). The lowest BCUT2D eigenvalue weighted by molar-refractivity contribution is 0.0790. The number of aryl methyl sites for hydroxylation is 1. The van der Waals surface area contributed by atoms with Crippen LogP contribution in [0, 0.1) is 6.92 Å². The Morgan fingerprint density at radius 2 is 2.07 bits per heavy atom. The molecule has 3 aromatic rings. The molecule has 0 aliphatic carbocycles. The largest absolute Gasteiger partial charge is 0.338 e. The van der Waals surface area contributed by atoms with Gasteiger partial charge in [-0.2, -0.15) is 0 Å². The van der Waals surface area contributed by atoms with Crippen LogP contribution in [0.25, 0.3) is 0 Å². The second-order valence-corrected chi connectivity index (χ2v) is 6.63. The van der Waals surface area contributed by atoms with Gasteiger partial charge in [0.25, 0.3) is 5.91 Å². The highest BCUT2D eigenvalue weighted by Crippen LogP contribution is 2.27. The van der Waals surface area contributed by atoms with Crippen LogP contribution in [0.4, 0.5) is 11.8 Å². The zero-order valence-electron chi connectivity index (χ0n) is 15.0. The Labute approximate surface area is 157 Å². The summed E-state index contributed by atoms with van der Waals surface area (Å²) in [4.78, 5) is 31.7. The molecule has 0 saturated carbocycles. The van der Waals surface area contributed by atoms with E-state index in [1.807, 2.05) is 30.0 Å². The van der Waals surface area contributed by atoms with Crippen LogP contribution < -0.4 is 5.32 Å². The number of aromatic nitrogens is 4. The summed E-state index contributed by atoms with van der Waals surface area (Å²) >= 11 is 0. The second-order valence-electron chi connectivity index (χ2n) is 6.63. The van der Waals surface area contributed by atoms with Gasteiger partial charge in [0.05, 0.1) is 11.3 Å². The predicted molar refractivity (Wildman–Crippen MR) is 102 cm³/mol. The zero-order valence-corrected chi connectivity index (χ0v) is 15.0. The molecule has 27 heavy (non-hydrogen) atoms. The van der Waals surface area contributed by atoms with Crippen molar-refractivity contribution in [2.45, 2.75) is 19.3 Å². The minimum atomic E-state index is 0.0156. The number of carbonyl (C=O) groups excluding carboxylic acids is 1. The van der Waals surface area contributed by atoms with E-state index < -0.39 is 0 Å². The number of hydrogen-bond acceptors (Lipinski definition) is 6. The lowest BCUT2D eigenvalue weighted by Crippen LogP contribution is -2.28. The molecule has 0 aromatic carbocycles. The van der Waals surface area contributed by atoms with Crippen LogP contribution >= 0.6 is 0 Å². The summed E-state index contributed by atoms with van der Waals surface area (Å²) in [6.07, 6.45) is 7.69. The second kappa shape index (κ2) is 7.49. The van der Waals surface area contributed by atoms with Crippen molar-refractivity contribution in [3.8, 4) is 0 Å². The Balaban J connectivity index is 1.45. The highest BCUT2D eigenvalue weighted by molar-refractivity contribution is 5.94. The van der Waals surface area contributed by atoms with E-state index in [4.69, 9.17) is 0 Å². The summed E-state index contributed by atoms with van der Waals surface area (Å²) in [5, 5.41) is 3.13. The Morgan fingerprint density at radius 3 is 2.85 bits per heavy atom. The number of hydrogen-bond donors (Lipinski definition) is 1. The number of nitrogens with one attached hydrogen (secondary N) is 1. The van der Waals surface area contributed by atoms with E-state index in [0.29, 0.717) is 30.4 Å². The van der Waals surface area contributed by atoms with Crippen molar-refractivity contribution in [1.82, 2.24) is 24.8 Å². The molecule has 1 amide bonds. The molecule has 0 bridgehead atoms. The lowest BCUT2D eigenvalue weighted by atomic mass is 10.1. The molecule has 7 nitrogen and oxygen atoms in total. The fourth-order valence-corrected chi connectivity index (χ4v) is 3.17. The van der Waals surface area contributed by atoms with Crippen LogP contribution in [-0.4, -0.2) is 43.8 Å². The molecule has 1 aliphatic rings. The van der Waals surface area contributed by atoms with Crippen molar-refractivity contribution in [3.05, 3.63) is 71.9 Å². The standard InChI is InChI=1S/C20H20N6O/c1-14-4-5-18(23-11-14)25-20-22-9-6-17(24-20)16-7-10-26(13-16)19(27)15-3-2-8-21-12-15/h2-6,8-9,11-12,16H,7,10,13H2,1H3,(H,22,23,24,25)/t16-/m0/s1. The topological polar surface area (TPSA) is 83.9 Å². The van der Waals surface area contributed by atoms with Crippen LogP contribution in [-0.2, 0) is 0 Å². The number of nitrogens with zero attached hydrogens (tertiary/aromatic N) is 5. The Morgan fingerprint density at radius 1 is 1.15 bits per heavy atom. The summed E-state index contributed by atoms with van der Waals surface area (Å²) in [6, 6.07) is 9.37. The van der Waals surface area contributed by atoms with E-state index in [0.717, 1.165) is 17.7 Å². The van der Waals surface area contributed by atoms with Crippen molar-refractivity contribution in [2.75, 3.05) is 18.4 Å². The summed E-state index contributed by atoms with van der Waals surface area (Å²) < 4.78 is 0. The van der Waals surface area contributed by atoms with Gasteiger partial charge in [-0.1, -0.05) is 6.07 Å². The van der Waals surface area contributed by atoms with Gasteiger partial charge >= 0.3 is 0 Å². The fraction of sp³-hybridized carbons (Fsp3) is 0.250. The number of amides is 1. The highest BCUT2D eigenvalue weighted by atomic mass is 16.2. The lowest BCUT2D eigenvalue weighted by Gasteiger charge is -2.16. The maximum Gasteiger partial charge on any atom is 0.255 e. The number of rotatable bonds is 4. The Kier molecular flexibility index (Phi) is 4.74. The van der Waals surface area contributed by atoms with Crippen molar-refractivity contribution in [2.24, 2.45) is 0 Å². The van der Waals surface area contributed by atoms with Gasteiger partial charge in [0, 0.05) is 43.8 Å². The number of pyridine rings is 2. The van der Waals surface area contributed by atoms with Crippen molar-refractivity contribution in [1.29, 1.82) is 0 Å². The van der Waals surface area contributed by atoms with Crippen LogP contribution in [0.3, 0.4) is 0 Å². The average Bonchev–Trinajstić information content (AvgIpc) is 3.20. The molecular formula is C20H20N6O. The summed E-state index contributed by atoms with van der Waals surface area (Å²) in [5.74, 6) is 1.43. The highest BCUT2D eigenvalue weighted by Gasteiger charge is 2.29. The van der Waals surface area contributed by atoms with E-state index in [1.165, 1.54) is 0 Å². The van der Waals surface area contributed by atoms with Gasteiger partial charge in [0.2, 0.25) is 5.95 Å². The van der Waals surface area contributed by atoms with Gasteiger partial charge in [0.1, 0.15) is 5.82 Å². The number of carbonyl (C=O) groups is 1. The molecule has 0 radical (unpaired) electrons. The van der Waals surface area contributed by atoms with Gasteiger partial charge in [-0.25, -0.2) is 15.0 Å². The van der Waals surface area contributed by atoms with E-state index in [-0.39, 0.29) is 11.8 Å². The molecule has 0 unspecified atom stereocenters. The summed E-state index contributed by atoms with van der Waals surface area (Å²) in [7, 11) is 0.